The van der Waals surface area contributed by atoms with E-state index in [-0.39, 0.29) is 5.91 Å². The molecular weight excluding hydrogens is 156 g/mol. The lowest BCUT2D eigenvalue weighted by Crippen LogP contribution is -2.61. The fourth-order valence-corrected chi connectivity index (χ4v) is 1.35. The van der Waals surface area contributed by atoms with Crippen molar-refractivity contribution in [2.24, 2.45) is 0 Å². The highest BCUT2D eigenvalue weighted by Crippen LogP contribution is 2.16. The van der Waals surface area contributed by atoms with E-state index in [1.807, 2.05) is 0 Å². The highest BCUT2D eigenvalue weighted by atomic mass is 16.5. The number of piperazine rings is 1. The standard InChI is InChI=1S/C8H14N2O2/c1-3-4-8(2)7(11)10(12)6-5-9-8/h3,9,12H,1,4-6H2,2H3/t8-/m0/s1. The molecule has 1 fully saturated rings. The van der Waals surface area contributed by atoms with E-state index in [1.54, 1.807) is 13.0 Å². The minimum atomic E-state index is -0.672. The van der Waals surface area contributed by atoms with E-state index in [4.69, 9.17) is 5.21 Å². The predicted molar refractivity (Wildman–Crippen MR) is 44.7 cm³/mol. The van der Waals surface area contributed by atoms with Crippen molar-refractivity contribution in [1.29, 1.82) is 0 Å². The SMILES string of the molecule is C=CC[C@]1(C)NCCN(O)C1=O. The molecular formula is C8H14N2O2. The van der Waals surface area contributed by atoms with Crippen LogP contribution in [0.25, 0.3) is 0 Å². The zero-order valence-electron chi connectivity index (χ0n) is 7.21. The van der Waals surface area contributed by atoms with Crippen molar-refractivity contribution in [3.8, 4) is 0 Å². The maximum absolute atomic E-state index is 11.4. The van der Waals surface area contributed by atoms with Crippen LogP contribution in [0.2, 0.25) is 0 Å². The Morgan fingerprint density at radius 1 is 1.92 bits per heavy atom. The van der Waals surface area contributed by atoms with Crippen molar-refractivity contribution in [2.45, 2.75) is 18.9 Å². The van der Waals surface area contributed by atoms with Gasteiger partial charge in [-0.1, -0.05) is 6.08 Å². The first-order chi connectivity index (χ1) is 5.60. The average molecular weight is 170 g/mol. The number of rotatable bonds is 2. The summed E-state index contributed by atoms with van der Waals surface area (Å²) in [6.45, 7) is 6.30. The summed E-state index contributed by atoms with van der Waals surface area (Å²) in [6.07, 6.45) is 2.20. The highest BCUT2D eigenvalue weighted by molar-refractivity contribution is 5.85. The molecule has 0 aromatic heterocycles. The number of nitrogens with one attached hydrogen (secondary N) is 1. The zero-order valence-corrected chi connectivity index (χ0v) is 7.21. The molecule has 12 heavy (non-hydrogen) atoms. The molecule has 1 rings (SSSR count). The minimum absolute atomic E-state index is 0.284. The molecule has 0 aromatic carbocycles. The van der Waals surface area contributed by atoms with Crippen LogP contribution in [0.15, 0.2) is 12.7 Å². The van der Waals surface area contributed by atoms with E-state index in [1.165, 1.54) is 0 Å². The van der Waals surface area contributed by atoms with Gasteiger partial charge in [0.1, 0.15) is 5.54 Å². The van der Waals surface area contributed by atoms with E-state index in [0.29, 0.717) is 19.5 Å². The average Bonchev–Trinajstić information content (AvgIpc) is 2.01. The summed E-state index contributed by atoms with van der Waals surface area (Å²) in [5.41, 5.74) is -0.672. The topological polar surface area (TPSA) is 52.6 Å². The van der Waals surface area contributed by atoms with Gasteiger partial charge >= 0.3 is 0 Å². The second kappa shape index (κ2) is 3.25. The number of carbonyl (C=O) groups is 1. The van der Waals surface area contributed by atoms with E-state index in [0.717, 1.165) is 5.06 Å². The molecule has 2 N–H and O–H groups in total. The van der Waals surface area contributed by atoms with Crippen molar-refractivity contribution in [3.63, 3.8) is 0 Å². The Bertz CT molecular complexity index is 205. The van der Waals surface area contributed by atoms with Crippen molar-refractivity contribution in [1.82, 2.24) is 10.4 Å². The lowest BCUT2D eigenvalue weighted by Gasteiger charge is -2.36. The monoisotopic (exact) mass is 170 g/mol. The normalized spacial score (nSPS) is 30.5. The maximum Gasteiger partial charge on any atom is 0.266 e. The van der Waals surface area contributed by atoms with Gasteiger partial charge in [-0.15, -0.1) is 6.58 Å². The van der Waals surface area contributed by atoms with Gasteiger partial charge in [0, 0.05) is 6.54 Å². The molecule has 1 amide bonds. The molecule has 0 radical (unpaired) electrons. The molecule has 4 heteroatoms. The molecule has 1 aliphatic heterocycles. The molecule has 4 nitrogen and oxygen atoms in total. The third kappa shape index (κ3) is 1.49. The predicted octanol–water partition coefficient (Wildman–Crippen LogP) is 0.142. The Morgan fingerprint density at radius 3 is 3.17 bits per heavy atom. The molecule has 0 saturated carbocycles. The van der Waals surface area contributed by atoms with Gasteiger partial charge in [-0.2, -0.15) is 0 Å². The number of hydrogen-bond acceptors (Lipinski definition) is 3. The molecule has 1 aliphatic rings. The molecule has 0 spiro atoms. The molecule has 0 aromatic rings. The second-order valence-corrected chi connectivity index (χ2v) is 3.18. The van der Waals surface area contributed by atoms with Gasteiger partial charge in [0.25, 0.3) is 5.91 Å². The number of carbonyl (C=O) groups excluding carboxylic acids is 1. The molecule has 1 heterocycles. The van der Waals surface area contributed by atoms with Gasteiger partial charge < -0.3 is 5.32 Å². The fraction of sp³-hybridized carbons (Fsp3) is 0.625. The van der Waals surface area contributed by atoms with Gasteiger partial charge in [0.05, 0.1) is 6.54 Å². The first kappa shape index (κ1) is 9.22. The van der Waals surface area contributed by atoms with Crippen LogP contribution in [-0.4, -0.2) is 34.8 Å². The highest BCUT2D eigenvalue weighted by Gasteiger charge is 2.37. The summed E-state index contributed by atoms with van der Waals surface area (Å²) >= 11 is 0. The molecule has 68 valence electrons. The molecule has 1 saturated heterocycles. The lowest BCUT2D eigenvalue weighted by molar-refractivity contribution is -0.177. The zero-order chi connectivity index (χ0) is 9.19. The first-order valence-electron chi connectivity index (χ1n) is 3.97. The summed E-state index contributed by atoms with van der Waals surface area (Å²) in [4.78, 5) is 11.4. The van der Waals surface area contributed by atoms with E-state index >= 15 is 0 Å². The summed E-state index contributed by atoms with van der Waals surface area (Å²) < 4.78 is 0. The van der Waals surface area contributed by atoms with Crippen LogP contribution >= 0.6 is 0 Å². The van der Waals surface area contributed by atoms with Gasteiger partial charge in [-0.05, 0) is 13.3 Å². The Kier molecular flexibility index (Phi) is 2.49. The quantitative estimate of drug-likeness (QED) is 0.458. The maximum atomic E-state index is 11.4. The minimum Gasteiger partial charge on any atom is -0.301 e. The number of amides is 1. The van der Waals surface area contributed by atoms with Crippen LogP contribution in [0.4, 0.5) is 0 Å². The van der Waals surface area contributed by atoms with Crippen molar-refractivity contribution < 1.29 is 10.0 Å². The van der Waals surface area contributed by atoms with Crippen LogP contribution in [0.1, 0.15) is 13.3 Å². The van der Waals surface area contributed by atoms with Gasteiger partial charge in [0.2, 0.25) is 0 Å². The van der Waals surface area contributed by atoms with Crippen LogP contribution < -0.4 is 5.32 Å². The molecule has 1 atom stereocenters. The summed E-state index contributed by atoms with van der Waals surface area (Å²) in [5.74, 6) is -0.284. The number of hydrogen-bond donors (Lipinski definition) is 2. The summed E-state index contributed by atoms with van der Waals surface area (Å²) in [5, 5.41) is 13.0. The lowest BCUT2D eigenvalue weighted by atomic mass is 9.95. The van der Waals surface area contributed by atoms with Gasteiger partial charge in [-0.25, -0.2) is 5.06 Å². The van der Waals surface area contributed by atoms with E-state index in [9.17, 15) is 4.79 Å². The summed E-state index contributed by atoms with van der Waals surface area (Å²) in [7, 11) is 0. The van der Waals surface area contributed by atoms with Gasteiger partial charge in [-0.3, -0.25) is 10.0 Å². The van der Waals surface area contributed by atoms with Crippen LogP contribution in [0.5, 0.6) is 0 Å². The second-order valence-electron chi connectivity index (χ2n) is 3.18. The Labute approximate surface area is 71.8 Å². The Hall–Kier alpha value is -0.870. The Morgan fingerprint density at radius 2 is 2.58 bits per heavy atom. The third-order valence-corrected chi connectivity index (χ3v) is 2.10. The number of nitrogens with zero attached hydrogens (tertiary/aromatic N) is 1. The van der Waals surface area contributed by atoms with Gasteiger partial charge in [0.15, 0.2) is 0 Å². The van der Waals surface area contributed by atoms with E-state index < -0.39 is 5.54 Å². The van der Waals surface area contributed by atoms with Crippen molar-refractivity contribution in [2.75, 3.05) is 13.1 Å². The van der Waals surface area contributed by atoms with Crippen molar-refractivity contribution >= 4 is 5.91 Å². The fourth-order valence-electron chi connectivity index (χ4n) is 1.35. The van der Waals surface area contributed by atoms with Crippen LogP contribution in [0, 0.1) is 0 Å². The Balaban J connectivity index is 2.73. The molecule has 0 aliphatic carbocycles. The smallest absolute Gasteiger partial charge is 0.266 e. The third-order valence-electron chi connectivity index (χ3n) is 2.10. The largest absolute Gasteiger partial charge is 0.301 e. The van der Waals surface area contributed by atoms with Crippen LogP contribution in [-0.2, 0) is 4.79 Å². The molecule has 0 unspecified atom stereocenters. The molecule has 0 bridgehead atoms. The number of hydroxylamine groups is 2. The first-order valence-corrected chi connectivity index (χ1v) is 3.97. The van der Waals surface area contributed by atoms with Crippen molar-refractivity contribution in [3.05, 3.63) is 12.7 Å². The summed E-state index contributed by atoms with van der Waals surface area (Å²) in [6, 6.07) is 0. The van der Waals surface area contributed by atoms with Crippen LogP contribution in [0.3, 0.4) is 0 Å². The van der Waals surface area contributed by atoms with E-state index in [2.05, 4.69) is 11.9 Å².